The average molecular weight is 164 g/mol. The number of anilines is 1. The lowest BCUT2D eigenvalue weighted by Crippen LogP contribution is -2.43. The number of hydrazine groups is 1. The topological polar surface area (TPSA) is 71.2 Å². The van der Waals surface area contributed by atoms with E-state index in [4.69, 9.17) is 5.84 Å². The molecule has 0 aromatic carbocycles. The molecule has 5 heteroatoms. The van der Waals surface area contributed by atoms with E-state index in [0.717, 1.165) is 16.3 Å². The van der Waals surface area contributed by atoms with Crippen molar-refractivity contribution >= 4 is 11.7 Å². The number of urea groups is 1. The molecule has 5 nitrogen and oxygen atoms in total. The van der Waals surface area contributed by atoms with E-state index in [1.807, 2.05) is 6.07 Å². The van der Waals surface area contributed by atoms with Gasteiger partial charge in [0.1, 0.15) is 0 Å². The summed E-state index contributed by atoms with van der Waals surface area (Å²) in [5.74, 6) is 5.39. The summed E-state index contributed by atoms with van der Waals surface area (Å²) in [7, 11) is 0. The van der Waals surface area contributed by atoms with Gasteiger partial charge in [-0.15, -0.1) is 0 Å². The highest BCUT2D eigenvalue weighted by atomic mass is 16.2. The largest absolute Gasteiger partial charge is 0.336 e. The second-order valence-electron chi connectivity index (χ2n) is 2.59. The Morgan fingerprint density at radius 3 is 3.33 bits per heavy atom. The van der Waals surface area contributed by atoms with Crippen LogP contribution in [-0.2, 0) is 6.54 Å². The van der Waals surface area contributed by atoms with Crippen molar-refractivity contribution in [2.45, 2.75) is 6.54 Å². The summed E-state index contributed by atoms with van der Waals surface area (Å²) in [5, 5.41) is 3.74. The summed E-state index contributed by atoms with van der Waals surface area (Å²) in [5.41, 5.74) is 1.72. The summed E-state index contributed by atoms with van der Waals surface area (Å²) < 4.78 is 0. The maximum Gasteiger partial charge on any atom is 0.336 e. The molecule has 0 atom stereocenters. The van der Waals surface area contributed by atoms with Gasteiger partial charge >= 0.3 is 6.03 Å². The first-order valence-electron chi connectivity index (χ1n) is 3.53. The number of nitrogens with zero attached hydrogens (tertiary/aromatic N) is 2. The van der Waals surface area contributed by atoms with E-state index in [1.54, 1.807) is 12.4 Å². The second-order valence-corrected chi connectivity index (χ2v) is 2.59. The van der Waals surface area contributed by atoms with Crippen LogP contribution in [0.25, 0.3) is 0 Å². The first kappa shape index (κ1) is 7.05. The Morgan fingerprint density at radius 1 is 1.67 bits per heavy atom. The van der Waals surface area contributed by atoms with E-state index in [9.17, 15) is 4.79 Å². The number of nitrogens with one attached hydrogen (secondary N) is 1. The van der Waals surface area contributed by atoms with Gasteiger partial charge in [-0.1, -0.05) is 0 Å². The van der Waals surface area contributed by atoms with Crippen molar-refractivity contribution < 1.29 is 4.79 Å². The van der Waals surface area contributed by atoms with Gasteiger partial charge in [-0.05, 0) is 11.6 Å². The lowest BCUT2D eigenvalue weighted by atomic mass is 10.2. The first-order valence-corrected chi connectivity index (χ1v) is 3.53. The number of nitrogens with two attached hydrogens (primary N) is 1. The number of carbonyl (C=O) groups excluding carboxylic acids is 1. The van der Waals surface area contributed by atoms with Gasteiger partial charge in [0.2, 0.25) is 0 Å². The maximum absolute atomic E-state index is 11.0. The molecule has 12 heavy (non-hydrogen) atoms. The van der Waals surface area contributed by atoms with Crippen molar-refractivity contribution in [3.05, 3.63) is 24.0 Å². The van der Waals surface area contributed by atoms with Crippen molar-refractivity contribution in [2.75, 3.05) is 5.32 Å². The molecule has 0 saturated heterocycles. The van der Waals surface area contributed by atoms with Crippen LogP contribution in [0.15, 0.2) is 18.5 Å². The van der Waals surface area contributed by atoms with Gasteiger partial charge in [-0.3, -0.25) is 9.99 Å². The summed E-state index contributed by atoms with van der Waals surface area (Å²) in [6.07, 6.45) is 3.28. The van der Waals surface area contributed by atoms with Gasteiger partial charge in [0, 0.05) is 6.20 Å². The Bertz CT molecular complexity index is 325. The number of carbonyl (C=O) groups is 1. The van der Waals surface area contributed by atoms with Crippen LogP contribution >= 0.6 is 0 Å². The lowest BCUT2D eigenvalue weighted by Gasteiger charge is -2.24. The number of amides is 2. The monoisotopic (exact) mass is 164 g/mol. The molecule has 1 aromatic rings. The third-order valence-corrected chi connectivity index (χ3v) is 1.75. The number of pyridine rings is 1. The third-order valence-electron chi connectivity index (χ3n) is 1.75. The first-order chi connectivity index (χ1) is 5.77. The summed E-state index contributed by atoms with van der Waals surface area (Å²) in [6, 6.07) is 1.53. The zero-order chi connectivity index (χ0) is 8.55. The van der Waals surface area contributed by atoms with Crippen LogP contribution in [0.3, 0.4) is 0 Å². The van der Waals surface area contributed by atoms with E-state index in [2.05, 4.69) is 10.3 Å². The van der Waals surface area contributed by atoms with Crippen molar-refractivity contribution in [1.29, 1.82) is 0 Å². The fourth-order valence-electron chi connectivity index (χ4n) is 1.12. The molecule has 1 aliphatic heterocycles. The molecule has 0 aliphatic carbocycles. The highest BCUT2D eigenvalue weighted by Gasteiger charge is 2.18. The quantitative estimate of drug-likeness (QED) is 0.428. The van der Waals surface area contributed by atoms with Gasteiger partial charge in [-0.25, -0.2) is 10.6 Å². The van der Waals surface area contributed by atoms with E-state index in [-0.39, 0.29) is 6.03 Å². The van der Waals surface area contributed by atoms with Crippen LogP contribution in [-0.4, -0.2) is 16.0 Å². The minimum atomic E-state index is -0.296. The van der Waals surface area contributed by atoms with Crippen LogP contribution in [0.5, 0.6) is 0 Å². The van der Waals surface area contributed by atoms with Gasteiger partial charge in [0.05, 0.1) is 18.4 Å². The number of hydrogen-bond donors (Lipinski definition) is 2. The fraction of sp³-hybridized carbons (Fsp3) is 0.143. The SMILES string of the molecule is NN1Cc2ccncc2NC1=O. The Labute approximate surface area is 69.2 Å². The predicted molar refractivity (Wildman–Crippen MR) is 43.0 cm³/mol. The Balaban J connectivity index is 2.40. The molecule has 0 radical (unpaired) electrons. The van der Waals surface area contributed by atoms with Crippen LogP contribution in [0.1, 0.15) is 5.56 Å². The highest BCUT2D eigenvalue weighted by Crippen LogP contribution is 2.19. The molecule has 0 spiro atoms. The molecule has 62 valence electrons. The molecule has 3 N–H and O–H groups in total. The molecule has 0 saturated carbocycles. The molecule has 0 bridgehead atoms. The maximum atomic E-state index is 11.0. The predicted octanol–water partition coefficient (Wildman–Crippen LogP) is 0.303. The van der Waals surface area contributed by atoms with Gasteiger partial charge in [-0.2, -0.15) is 0 Å². The van der Waals surface area contributed by atoms with Crippen LogP contribution in [0.4, 0.5) is 10.5 Å². The van der Waals surface area contributed by atoms with E-state index in [1.165, 1.54) is 0 Å². The molecule has 1 aromatic heterocycles. The normalized spacial score (nSPS) is 15.4. The Morgan fingerprint density at radius 2 is 2.50 bits per heavy atom. The number of aromatic nitrogens is 1. The van der Waals surface area contributed by atoms with Gasteiger partial charge < -0.3 is 5.32 Å². The number of rotatable bonds is 0. The zero-order valence-corrected chi connectivity index (χ0v) is 6.32. The van der Waals surface area contributed by atoms with Crippen molar-refractivity contribution in [3.63, 3.8) is 0 Å². The second kappa shape index (κ2) is 2.46. The van der Waals surface area contributed by atoms with Crippen molar-refractivity contribution in [2.24, 2.45) is 5.84 Å². The smallest absolute Gasteiger partial charge is 0.305 e. The molecular weight excluding hydrogens is 156 g/mol. The molecule has 0 unspecified atom stereocenters. The third kappa shape index (κ3) is 0.998. The van der Waals surface area contributed by atoms with Crippen LogP contribution < -0.4 is 11.2 Å². The summed E-state index contributed by atoms with van der Waals surface area (Å²) in [4.78, 5) is 14.9. The lowest BCUT2D eigenvalue weighted by molar-refractivity contribution is 0.208. The molecule has 0 fully saturated rings. The summed E-state index contributed by atoms with van der Waals surface area (Å²) >= 11 is 0. The van der Waals surface area contributed by atoms with Gasteiger partial charge in [0.15, 0.2) is 0 Å². The number of hydrogen-bond acceptors (Lipinski definition) is 3. The van der Waals surface area contributed by atoms with Gasteiger partial charge in [0.25, 0.3) is 0 Å². The Kier molecular flexibility index (Phi) is 1.44. The van der Waals surface area contributed by atoms with E-state index in [0.29, 0.717) is 6.54 Å². The average Bonchev–Trinajstić information content (AvgIpc) is 2.07. The van der Waals surface area contributed by atoms with Crippen LogP contribution in [0, 0.1) is 0 Å². The summed E-state index contributed by atoms with van der Waals surface area (Å²) in [6.45, 7) is 0.434. The minimum Gasteiger partial charge on any atom is -0.305 e. The minimum absolute atomic E-state index is 0.296. The molecule has 2 rings (SSSR count). The molecule has 1 aliphatic rings. The molecule has 2 heterocycles. The van der Waals surface area contributed by atoms with Crippen molar-refractivity contribution in [3.8, 4) is 0 Å². The molecular formula is C7H8N4O. The van der Waals surface area contributed by atoms with E-state index >= 15 is 0 Å². The molecule has 2 amide bonds. The fourth-order valence-corrected chi connectivity index (χ4v) is 1.12. The van der Waals surface area contributed by atoms with E-state index < -0.39 is 0 Å². The number of fused-ring (bicyclic) bond motifs is 1. The van der Waals surface area contributed by atoms with Crippen LogP contribution in [0.2, 0.25) is 0 Å². The van der Waals surface area contributed by atoms with Crippen molar-refractivity contribution in [1.82, 2.24) is 9.99 Å². The zero-order valence-electron chi connectivity index (χ0n) is 6.32. The standard InChI is InChI=1S/C7H8N4O/c8-11-4-5-1-2-9-3-6(5)10-7(11)12/h1-3H,4,8H2,(H,10,12). The highest BCUT2D eigenvalue weighted by molar-refractivity contribution is 5.91. The Hall–Kier alpha value is -1.62.